The number of nitrogens with one attached hydrogen (secondary N) is 2. The number of carbonyl (C=O) groups excluding carboxylic acids is 2. The van der Waals surface area contributed by atoms with E-state index in [1.807, 2.05) is 6.92 Å². The Morgan fingerprint density at radius 1 is 1.37 bits per heavy atom. The van der Waals surface area contributed by atoms with Gasteiger partial charge in [-0.15, -0.1) is 0 Å². The number of halogens is 2. The summed E-state index contributed by atoms with van der Waals surface area (Å²) in [7, 11) is 0. The van der Waals surface area contributed by atoms with Gasteiger partial charge in [-0.25, -0.2) is 5.43 Å². The summed E-state index contributed by atoms with van der Waals surface area (Å²) in [5.41, 5.74) is 3.67. The van der Waals surface area contributed by atoms with Crippen LogP contribution in [0.3, 0.4) is 0 Å². The van der Waals surface area contributed by atoms with Crippen LogP contribution in [0.1, 0.15) is 18.4 Å². The zero-order valence-corrected chi connectivity index (χ0v) is 11.6. The van der Waals surface area contributed by atoms with Crippen LogP contribution >= 0.6 is 23.2 Å². The van der Waals surface area contributed by atoms with Crippen LogP contribution in [0.25, 0.3) is 0 Å². The van der Waals surface area contributed by atoms with Crippen molar-refractivity contribution in [1.29, 1.82) is 0 Å². The predicted octanol–water partition coefficient (Wildman–Crippen LogP) is 2.51. The van der Waals surface area contributed by atoms with Crippen LogP contribution < -0.4 is 10.7 Å². The Labute approximate surface area is 120 Å². The molecule has 1 aromatic carbocycles. The molecule has 0 saturated heterocycles. The monoisotopic (exact) mass is 299 g/mol. The highest BCUT2D eigenvalue weighted by atomic mass is 35.5. The third-order valence-corrected chi connectivity index (χ3v) is 3.49. The predicted molar refractivity (Wildman–Crippen MR) is 74.6 cm³/mol. The topological polar surface area (TPSA) is 70.6 Å². The Morgan fingerprint density at radius 3 is 2.74 bits per heavy atom. The maximum atomic E-state index is 12.0. The highest BCUT2D eigenvalue weighted by Gasteiger charge is 2.20. The molecule has 0 aromatic heterocycles. The molecule has 0 radical (unpaired) electrons. The van der Waals surface area contributed by atoms with Crippen molar-refractivity contribution in [2.24, 2.45) is 5.10 Å². The van der Waals surface area contributed by atoms with Crippen molar-refractivity contribution in [3.05, 3.63) is 27.7 Å². The summed E-state index contributed by atoms with van der Waals surface area (Å²) in [5, 5.41) is 7.07. The number of hydrogen-bond acceptors (Lipinski definition) is 3. The van der Waals surface area contributed by atoms with Gasteiger partial charge in [-0.05, 0) is 18.6 Å². The van der Waals surface area contributed by atoms with Crippen molar-refractivity contribution >= 4 is 46.4 Å². The zero-order chi connectivity index (χ0) is 14.0. The SMILES string of the molecule is Cc1ccc(Cl)c(NC(=O)C2=NNC(=O)CC2)c1Cl. The largest absolute Gasteiger partial charge is 0.318 e. The molecule has 0 spiro atoms. The van der Waals surface area contributed by atoms with Gasteiger partial charge in [0.25, 0.3) is 5.91 Å². The molecule has 1 aliphatic heterocycles. The lowest BCUT2D eigenvalue weighted by Gasteiger charge is -2.14. The van der Waals surface area contributed by atoms with Gasteiger partial charge in [0.05, 0.1) is 15.7 Å². The molecule has 1 aromatic rings. The van der Waals surface area contributed by atoms with Crippen LogP contribution in [0.5, 0.6) is 0 Å². The lowest BCUT2D eigenvalue weighted by Crippen LogP contribution is -2.32. The first-order valence-corrected chi connectivity index (χ1v) is 6.36. The van der Waals surface area contributed by atoms with Gasteiger partial charge in [-0.1, -0.05) is 29.3 Å². The lowest BCUT2D eigenvalue weighted by atomic mass is 10.1. The molecule has 2 amide bonds. The van der Waals surface area contributed by atoms with Crippen LogP contribution in [-0.4, -0.2) is 17.5 Å². The summed E-state index contributed by atoms with van der Waals surface area (Å²) < 4.78 is 0. The van der Waals surface area contributed by atoms with E-state index in [0.29, 0.717) is 22.2 Å². The minimum atomic E-state index is -0.422. The third kappa shape index (κ3) is 3.05. The normalized spacial score (nSPS) is 14.7. The third-order valence-electron chi connectivity index (χ3n) is 2.69. The number of anilines is 1. The highest BCUT2D eigenvalue weighted by Crippen LogP contribution is 2.32. The first kappa shape index (κ1) is 13.8. The first-order valence-electron chi connectivity index (χ1n) is 5.60. The second-order valence-electron chi connectivity index (χ2n) is 4.10. The fourth-order valence-electron chi connectivity index (χ4n) is 1.59. The van der Waals surface area contributed by atoms with Crippen molar-refractivity contribution in [1.82, 2.24) is 5.43 Å². The highest BCUT2D eigenvalue weighted by molar-refractivity contribution is 6.46. The fraction of sp³-hybridized carbons (Fsp3) is 0.250. The maximum Gasteiger partial charge on any atom is 0.271 e. The second-order valence-corrected chi connectivity index (χ2v) is 4.89. The number of carbonyl (C=O) groups is 2. The van der Waals surface area contributed by atoms with E-state index in [9.17, 15) is 9.59 Å². The summed E-state index contributed by atoms with van der Waals surface area (Å²) in [6.07, 6.45) is 0.528. The fourth-order valence-corrected chi connectivity index (χ4v) is 2.06. The zero-order valence-electron chi connectivity index (χ0n) is 10.1. The molecule has 0 fully saturated rings. The van der Waals surface area contributed by atoms with Gasteiger partial charge in [-0.3, -0.25) is 9.59 Å². The van der Waals surface area contributed by atoms with Crippen LogP contribution in [0, 0.1) is 6.92 Å². The average molecular weight is 300 g/mol. The molecule has 2 N–H and O–H groups in total. The molecule has 0 unspecified atom stereocenters. The standard InChI is InChI=1S/C12H11Cl2N3O2/c1-6-2-3-7(13)11(10(6)14)15-12(19)8-4-5-9(18)17-16-8/h2-3H,4-5H2,1H3,(H,15,19)(H,17,18). The lowest BCUT2D eigenvalue weighted by molar-refractivity contribution is -0.121. The molecular formula is C12H11Cl2N3O2. The molecule has 0 atom stereocenters. The Kier molecular flexibility index (Phi) is 4.07. The number of hydrazone groups is 1. The summed E-state index contributed by atoms with van der Waals surface area (Å²) in [6, 6.07) is 3.42. The molecule has 7 heteroatoms. The molecule has 0 aliphatic carbocycles. The summed E-state index contributed by atoms with van der Waals surface area (Å²) >= 11 is 12.1. The smallest absolute Gasteiger partial charge is 0.271 e. The average Bonchev–Trinajstić information content (AvgIpc) is 2.40. The summed E-state index contributed by atoms with van der Waals surface area (Å²) in [5.74, 6) is -0.627. The molecule has 2 rings (SSSR count). The van der Waals surface area contributed by atoms with Gasteiger partial charge >= 0.3 is 0 Å². The number of amides is 2. The molecule has 0 saturated carbocycles. The van der Waals surface area contributed by atoms with E-state index in [2.05, 4.69) is 15.8 Å². The molecule has 5 nitrogen and oxygen atoms in total. The number of nitrogens with zero attached hydrogens (tertiary/aromatic N) is 1. The van der Waals surface area contributed by atoms with E-state index in [1.54, 1.807) is 12.1 Å². The Bertz CT molecular complexity index is 585. The van der Waals surface area contributed by atoms with Crippen molar-refractivity contribution < 1.29 is 9.59 Å². The number of benzene rings is 1. The number of aryl methyl sites for hydroxylation is 1. The minimum absolute atomic E-state index is 0.205. The first-order chi connectivity index (χ1) is 8.99. The van der Waals surface area contributed by atoms with Crippen LogP contribution in [-0.2, 0) is 9.59 Å². The van der Waals surface area contributed by atoms with Crippen molar-refractivity contribution in [3.8, 4) is 0 Å². The van der Waals surface area contributed by atoms with E-state index in [1.165, 1.54) is 0 Å². The van der Waals surface area contributed by atoms with Crippen molar-refractivity contribution in [3.63, 3.8) is 0 Å². The van der Waals surface area contributed by atoms with E-state index >= 15 is 0 Å². The van der Waals surface area contributed by atoms with E-state index < -0.39 is 5.91 Å². The molecule has 0 bridgehead atoms. The van der Waals surface area contributed by atoms with Gasteiger partial charge in [-0.2, -0.15) is 5.10 Å². The van der Waals surface area contributed by atoms with Crippen molar-refractivity contribution in [2.75, 3.05) is 5.32 Å². The number of hydrogen-bond donors (Lipinski definition) is 2. The Hall–Kier alpha value is -1.59. The summed E-state index contributed by atoms with van der Waals surface area (Å²) in [6.45, 7) is 1.81. The van der Waals surface area contributed by atoms with E-state index in [0.717, 1.165) is 5.56 Å². The van der Waals surface area contributed by atoms with Crippen LogP contribution in [0.4, 0.5) is 5.69 Å². The quantitative estimate of drug-likeness (QED) is 0.881. The molecule has 19 heavy (non-hydrogen) atoms. The van der Waals surface area contributed by atoms with Crippen molar-refractivity contribution in [2.45, 2.75) is 19.8 Å². The Morgan fingerprint density at radius 2 is 2.11 bits per heavy atom. The van der Waals surface area contributed by atoms with Crippen LogP contribution in [0.2, 0.25) is 10.0 Å². The maximum absolute atomic E-state index is 12.0. The van der Waals surface area contributed by atoms with Gasteiger partial charge < -0.3 is 5.32 Å². The van der Waals surface area contributed by atoms with E-state index in [-0.39, 0.29) is 18.0 Å². The molecule has 1 aliphatic rings. The van der Waals surface area contributed by atoms with Gasteiger partial charge in [0.2, 0.25) is 5.91 Å². The second kappa shape index (κ2) is 5.59. The molecule has 100 valence electrons. The van der Waals surface area contributed by atoms with Gasteiger partial charge in [0, 0.05) is 12.8 Å². The molecule has 1 heterocycles. The van der Waals surface area contributed by atoms with E-state index in [4.69, 9.17) is 23.2 Å². The minimum Gasteiger partial charge on any atom is -0.318 e. The molecular weight excluding hydrogens is 289 g/mol. The van der Waals surface area contributed by atoms with Gasteiger partial charge in [0.1, 0.15) is 5.71 Å². The summed E-state index contributed by atoms with van der Waals surface area (Å²) in [4.78, 5) is 22.9. The number of rotatable bonds is 2. The van der Waals surface area contributed by atoms with Gasteiger partial charge in [0.15, 0.2) is 0 Å². The van der Waals surface area contributed by atoms with Crippen LogP contribution in [0.15, 0.2) is 17.2 Å². The Balaban J connectivity index is 2.20.